The van der Waals surface area contributed by atoms with Crippen LogP contribution in [0.25, 0.3) is 55.7 Å². The lowest BCUT2D eigenvalue weighted by Crippen LogP contribution is -2.24. The zero-order valence-corrected chi connectivity index (χ0v) is 79.6. The van der Waals surface area contributed by atoms with Gasteiger partial charge in [-0.05, 0) is 229 Å². The van der Waals surface area contributed by atoms with Crippen LogP contribution >= 0.6 is 0 Å². The summed E-state index contributed by atoms with van der Waals surface area (Å²) in [5, 5.41) is 33.3. The van der Waals surface area contributed by atoms with E-state index in [4.69, 9.17) is 37.9 Å². The Bertz CT molecular complexity index is 4660. The molecule has 0 aliphatic heterocycles. The lowest BCUT2D eigenvalue weighted by Gasteiger charge is -2.31. The van der Waals surface area contributed by atoms with E-state index < -0.39 is 0 Å². The lowest BCUT2D eigenvalue weighted by molar-refractivity contribution is -0.121. The van der Waals surface area contributed by atoms with Crippen LogP contribution < -0.4 is 58.3 Å². The average molecular weight is 1730 g/mol. The predicted molar refractivity (Wildman–Crippen MR) is 530 cm³/mol. The van der Waals surface area contributed by atoms with Gasteiger partial charge in [-0.3, -0.25) is 9.59 Å². The molecule has 0 saturated heterocycles. The average Bonchev–Trinajstić information content (AvgIpc) is 0.727. The van der Waals surface area contributed by atoms with E-state index in [2.05, 4.69) is 242 Å². The van der Waals surface area contributed by atoms with E-state index in [0.29, 0.717) is 112 Å². The molecule has 2 unspecified atom stereocenters. The van der Waals surface area contributed by atoms with Crippen LogP contribution in [0.3, 0.4) is 0 Å². The molecule has 0 spiro atoms. The van der Waals surface area contributed by atoms with E-state index in [1.807, 2.05) is 123 Å². The van der Waals surface area contributed by atoms with Crippen molar-refractivity contribution < 1.29 is 57.7 Å². The van der Waals surface area contributed by atoms with E-state index in [9.17, 15) is 10.2 Å². The van der Waals surface area contributed by atoms with Crippen molar-refractivity contribution in [3.63, 3.8) is 0 Å². The molecule has 1 aliphatic carbocycles. The summed E-state index contributed by atoms with van der Waals surface area (Å²) in [5.74, 6) is 6.48. The zero-order valence-electron chi connectivity index (χ0n) is 79.6. The van der Waals surface area contributed by atoms with Crippen molar-refractivity contribution in [2.45, 2.75) is 190 Å². The number of hydrogen-bond acceptors (Lipinski definition) is 14. The second-order valence-electron chi connectivity index (χ2n) is 37.4. The number of amides is 2. The Balaban J connectivity index is 1.09. The third kappa shape index (κ3) is 25.0. The number of aliphatic hydroxyl groups is 2. The molecular formula is C112H140N4O12. The monoisotopic (exact) mass is 1730 g/mol. The first kappa shape index (κ1) is 96.8. The zero-order chi connectivity index (χ0) is 91.8. The van der Waals surface area contributed by atoms with Gasteiger partial charge < -0.3 is 68.5 Å². The molecule has 4 N–H and O–H groups in total. The summed E-state index contributed by atoms with van der Waals surface area (Å²) < 4.78 is 52.5. The number of hydrogen-bond donors (Lipinski definition) is 4. The van der Waals surface area contributed by atoms with Crippen molar-refractivity contribution in [2.75, 3.05) is 73.3 Å². The van der Waals surface area contributed by atoms with Gasteiger partial charge in [-0.25, -0.2) is 0 Å². The molecule has 1 aliphatic rings. The maximum Gasteiger partial charge on any atom is 0.227 e. The number of unbranched alkanes of at least 4 members (excludes halogenated alkanes) is 2. The quantitative estimate of drug-likeness (QED) is 0.0283. The highest BCUT2D eigenvalue weighted by molar-refractivity contribution is 6.12. The maximum atomic E-state index is 15.2. The van der Waals surface area contributed by atoms with E-state index >= 15 is 9.59 Å². The third-order valence-electron chi connectivity index (χ3n) is 22.2. The second kappa shape index (κ2) is 46.3. The summed E-state index contributed by atoms with van der Waals surface area (Å²) in [4.78, 5) is 34.7. The summed E-state index contributed by atoms with van der Waals surface area (Å²) in [5.41, 5.74) is 13.3. The van der Waals surface area contributed by atoms with E-state index in [1.165, 1.54) is 0 Å². The highest BCUT2D eigenvalue weighted by Crippen LogP contribution is 2.53. The minimum Gasteiger partial charge on any atom is -0.506 e. The summed E-state index contributed by atoms with van der Waals surface area (Å²) in [6.07, 6.45) is 6.02. The minimum absolute atomic E-state index is 0.131. The number of aliphatic hydroxyl groups excluding tert-OH is 2. The lowest BCUT2D eigenvalue weighted by atomic mass is 9.82. The van der Waals surface area contributed by atoms with Crippen molar-refractivity contribution >= 4 is 68.5 Å². The Kier molecular flexibility index (Phi) is 35.0. The molecule has 16 nitrogen and oxygen atoms in total. The van der Waals surface area contributed by atoms with E-state index in [-0.39, 0.29) is 93.7 Å². The molecule has 0 fully saturated rings. The van der Waals surface area contributed by atoms with Gasteiger partial charge in [0.05, 0.1) is 97.6 Å². The van der Waals surface area contributed by atoms with E-state index in [0.717, 1.165) is 139 Å². The summed E-state index contributed by atoms with van der Waals surface area (Å²) in [6.45, 7) is 46.6. The summed E-state index contributed by atoms with van der Waals surface area (Å²) >= 11 is 0. The topological polar surface area (TPSA) is 179 Å². The van der Waals surface area contributed by atoms with Gasteiger partial charge in [-0.15, -0.1) is 0 Å². The van der Waals surface area contributed by atoms with Crippen LogP contribution in [0.15, 0.2) is 218 Å². The molecule has 128 heavy (non-hydrogen) atoms. The van der Waals surface area contributed by atoms with Crippen LogP contribution in [0.5, 0.6) is 46.0 Å². The van der Waals surface area contributed by atoms with E-state index in [1.54, 1.807) is 0 Å². The fraction of sp³-hybridized carbons (Fsp3) is 0.411. The van der Waals surface area contributed by atoms with Crippen LogP contribution in [-0.4, -0.2) is 74.9 Å². The Hall–Kier alpha value is -11.8. The van der Waals surface area contributed by atoms with Crippen LogP contribution in [0.2, 0.25) is 0 Å². The molecule has 0 radical (unpaired) electrons. The number of carbonyl (C=O) groups is 2. The standard InChI is InChI=1S/C112H140N4O12/c1-21-25-31-79(23-3)111(119)113-93-61-89(115(85-49-41-81(42-50-85)103-95(121-63-71(5)6)33-27-34-96(103)122-64-72(7)8)86-51-43-82(44-52-86)104-97(123-65-73(9)10)35-28-36-98(104)124-66-74(11)12)57-59-91(93)107-109(117)108(110(107)118)92-60-58-90(62-94(92)114-112(120)80(24-4)32-26-22-2)116(87-53-45-83(46-54-87)105-99(125-67-75(13)14)37-29-38-100(105)126-68-76(15)16)88-55-47-84(48-56-88)106-101(127-69-77(17)18)39-30-40-102(106)128-70-78(19)20/h27-30,33-62,71-80,117-118H,21-26,31-32,63-70H2,1-20H3,(H,113,119)(H,114,120). The number of allylic oxidation sites excluding steroid dienone is 2. The Morgan fingerprint density at radius 3 is 0.680 bits per heavy atom. The number of ether oxygens (including phenoxy) is 8. The largest absolute Gasteiger partial charge is 0.506 e. The van der Waals surface area contributed by atoms with Crippen molar-refractivity contribution in [1.29, 1.82) is 0 Å². The molecule has 10 aromatic rings. The molecule has 0 saturated carbocycles. The van der Waals surface area contributed by atoms with Crippen LogP contribution in [-0.2, 0) is 9.59 Å². The third-order valence-corrected chi connectivity index (χ3v) is 22.2. The Labute approximate surface area is 763 Å². The highest BCUT2D eigenvalue weighted by atomic mass is 16.5. The van der Waals surface area contributed by atoms with Crippen molar-refractivity contribution in [3.05, 3.63) is 229 Å². The smallest absolute Gasteiger partial charge is 0.227 e. The van der Waals surface area contributed by atoms with Gasteiger partial charge in [0, 0.05) is 57.1 Å². The van der Waals surface area contributed by atoms with Gasteiger partial charge in [0.15, 0.2) is 0 Å². The van der Waals surface area contributed by atoms with Crippen molar-refractivity contribution in [3.8, 4) is 90.5 Å². The number of anilines is 8. The molecule has 680 valence electrons. The Morgan fingerprint density at radius 1 is 0.289 bits per heavy atom. The number of rotatable bonds is 48. The number of benzene rings is 10. The molecule has 16 heteroatoms. The van der Waals surface area contributed by atoms with Gasteiger partial charge in [0.2, 0.25) is 11.8 Å². The molecule has 10 aromatic carbocycles. The van der Waals surface area contributed by atoms with Gasteiger partial charge in [-0.1, -0.05) is 237 Å². The van der Waals surface area contributed by atoms with Gasteiger partial charge in [0.1, 0.15) is 57.5 Å². The Morgan fingerprint density at radius 2 is 0.492 bits per heavy atom. The SMILES string of the molecule is CCCCC(CC)C(=O)Nc1cc(N(c2ccc(-c3c(OCC(C)C)cccc3OCC(C)C)cc2)c2ccc(-c3c(OCC(C)C)cccc3OCC(C)C)cc2)ccc1C1=C(O)C(c2ccc(N(c3ccc(-c4c(OCC(C)C)cccc4OCC(C)C)cc3)c3ccc(-c4c(OCC(C)C)cccc4OCC(C)C)cc3)cc2NC(=O)C(CC)CCCC)=C1O. The molecule has 2 amide bonds. The maximum absolute atomic E-state index is 15.2. The van der Waals surface area contributed by atoms with Gasteiger partial charge >= 0.3 is 0 Å². The van der Waals surface area contributed by atoms with Crippen molar-refractivity contribution in [2.24, 2.45) is 59.2 Å². The first-order chi connectivity index (χ1) is 61.6. The number of nitrogens with one attached hydrogen (secondary N) is 2. The summed E-state index contributed by atoms with van der Waals surface area (Å²) in [6, 6.07) is 68.8. The highest BCUT2D eigenvalue weighted by Gasteiger charge is 2.37. The number of carbonyl (C=O) groups excluding carboxylic acids is 2. The summed E-state index contributed by atoms with van der Waals surface area (Å²) in [7, 11) is 0. The van der Waals surface area contributed by atoms with Gasteiger partial charge in [-0.2, -0.15) is 0 Å². The molecule has 0 heterocycles. The molecular weight excluding hydrogens is 1590 g/mol. The first-order valence-electron chi connectivity index (χ1n) is 46.9. The fourth-order valence-electron chi connectivity index (χ4n) is 15.5. The normalized spacial score (nSPS) is 12.7. The first-order valence-corrected chi connectivity index (χ1v) is 46.9. The molecule has 11 rings (SSSR count). The molecule has 0 bridgehead atoms. The molecule has 0 aromatic heterocycles. The predicted octanol–water partition coefficient (Wildman–Crippen LogP) is 30.1. The molecule has 2 atom stereocenters. The van der Waals surface area contributed by atoms with Crippen LogP contribution in [0.1, 0.15) is 201 Å². The van der Waals surface area contributed by atoms with Crippen molar-refractivity contribution in [1.82, 2.24) is 0 Å². The van der Waals surface area contributed by atoms with Gasteiger partial charge in [0.25, 0.3) is 0 Å². The van der Waals surface area contributed by atoms with Crippen LogP contribution in [0.4, 0.5) is 45.5 Å². The van der Waals surface area contributed by atoms with Crippen LogP contribution in [0, 0.1) is 59.2 Å². The second-order valence-corrected chi connectivity index (χ2v) is 37.4. The minimum atomic E-state index is -0.347. The number of nitrogens with zero attached hydrogens (tertiary/aromatic N) is 2. The fourth-order valence-corrected chi connectivity index (χ4v) is 15.5.